The van der Waals surface area contributed by atoms with Gasteiger partial charge in [0.2, 0.25) is 0 Å². The molecule has 1 amide bonds. The lowest BCUT2D eigenvalue weighted by Gasteiger charge is -2.19. The van der Waals surface area contributed by atoms with E-state index in [4.69, 9.17) is 4.74 Å². The Morgan fingerprint density at radius 1 is 1.19 bits per heavy atom. The minimum atomic E-state index is -1.00. The van der Waals surface area contributed by atoms with Gasteiger partial charge in [0, 0.05) is 23.8 Å². The number of carbonyl (C=O) groups excluding carboxylic acids is 1. The molecule has 1 heterocycles. The number of hydrogen-bond acceptors (Lipinski definition) is 5. The molecule has 3 aromatic rings. The topological polar surface area (TPSA) is 76.4 Å². The van der Waals surface area contributed by atoms with E-state index in [0.29, 0.717) is 18.3 Å². The van der Waals surface area contributed by atoms with Crippen molar-refractivity contribution in [1.29, 1.82) is 0 Å². The predicted molar refractivity (Wildman–Crippen MR) is 128 cm³/mol. The highest BCUT2D eigenvalue weighted by Crippen LogP contribution is 2.32. The average Bonchev–Trinajstić information content (AvgIpc) is 3.21. The molecule has 3 rings (SSSR count). The van der Waals surface area contributed by atoms with E-state index < -0.39 is 11.7 Å². The maximum absolute atomic E-state index is 11.6. The molecule has 32 heavy (non-hydrogen) atoms. The number of aliphatic hydroxyl groups is 1. The van der Waals surface area contributed by atoms with E-state index in [9.17, 15) is 9.90 Å². The van der Waals surface area contributed by atoms with Gasteiger partial charge in [-0.15, -0.1) is 0 Å². The van der Waals surface area contributed by atoms with Crippen LogP contribution in [0.25, 0.3) is 11.1 Å². The van der Waals surface area contributed by atoms with Crippen molar-refractivity contribution in [2.24, 2.45) is 5.92 Å². The Morgan fingerprint density at radius 3 is 2.50 bits per heavy atom. The van der Waals surface area contributed by atoms with Crippen molar-refractivity contribution in [2.45, 2.75) is 51.2 Å². The number of ether oxygens (including phenoxy) is 1. The summed E-state index contributed by atoms with van der Waals surface area (Å²) in [5.41, 5.74) is 3.50. The summed E-state index contributed by atoms with van der Waals surface area (Å²) in [4.78, 5) is 16.8. The Balaban J connectivity index is 1.87. The molecule has 170 valence electrons. The molecular formula is C25H31N3O3S. The van der Waals surface area contributed by atoms with Crippen molar-refractivity contribution in [3.8, 4) is 11.1 Å². The van der Waals surface area contributed by atoms with Crippen molar-refractivity contribution >= 4 is 18.0 Å². The number of aromatic nitrogens is 2. The van der Waals surface area contributed by atoms with Crippen LogP contribution in [0.2, 0.25) is 0 Å². The van der Waals surface area contributed by atoms with Crippen LogP contribution in [0.3, 0.4) is 0 Å². The Hall–Kier alpha value is -2.77. The van der Waals surface area contributed by atoms with Gasteiger partial charge < -0.3 is 14.4 Å². The fourth-order valence-electron chi connectivity index (χ4n) is 3.58. The Morgan fingerprint density at radius 2 is 1.88 bits per heavy atom. The number of rotatable bonds is 8. The standard InChI is InChI=1S/C25H31N3O3S/c1-17(2)14-19-8-11-22(32-27-24(29)31-5)21(15-19)20-9-6-18(7-10-20)16-28-13-12-26-23(28)25(3,4)30/h6-13,15,17,30H,14,16H2,1-5H3,(H,27,29). The SMILES string of the molecule is COC(=O)NSc1ccc(CC(C)C)cc1-c1ccc(Cn2ccnc2C(C)(C)O)cc1. The van der Waals surface area contributed by atoms with Crippen molar-refractivity contribution < 1.29 is 14.6 Å². The van der Waals surface area contributed by atoms with Gasteiger partial charge >= 0.3 is 6.09 Å². The number of methoxy groups -OCH3 is 1. The molecule has 0 aliphatic carbocycles. The first-order valence-corrected chi connectivity index (χ1v) is 11.5. The zero-order valence-electron chi connectivity index (χ0n) is 19.3. The van der Waals surface area contributed by atoms with Gasteiger partial charge in [-0.1, -0.05) is 44.2 Å². The first-order valence-electron chi connectivity index (χ1n) is 10.6. The van der Waals surface area contributed by atoms with Gasteiger partial charge in [-0.25, -0.2) is 9.78 Å². The maximum atomic E-state index is 11.6. The molecule has 0 fully saturated rings. The molecule has 0 radical (unpaired) electrons. The molecule has 0 unspecified atom stereocenters. The molecular weight excluding hydrogens is 422 g/mol. The largest absolute Gasteiger partial charge is 0.452 e. The van der Waals surface area contributed by atoms with Crippen molar-refractivity contribution in [3.63, 3.8) is 0 Å². The third-order valence-electron chi connectivity index (χ3n) is 5.00. The molecule has 1 aromatic heterocycles. The summed E-state index contributed by atoms with van der Waals surface area (Å²) in [6.45, 7) is 8.50. The van der Waals surface area contributed by atoms with E-state index >= 15 is 0 Å². The molecule has 7 heteroatoms. The number of hydrogen-bond donors (Lipinski definition) is 2. The highest BCUT2D eigenvalue weighted by Gasteiger charge is 2.21. The second-order valence-electron chi connectivity index (χ2n) is 8.76. The van der Waals surface area contributed by atoms with Crippen LogP contribution in [0.4, 0.5) is 4.79 Å². The van der Waals surface area contributed by atoms with Crippen molar-refractivity contribution in [3.05, 3.63) is 71.8 Å². The molecule has 2 N–H and O–H groups in total. The van der Waals surface area contributed by atoms with Crippen LogP contribution in [-0.4, -0.2) is 27.9 Å². The molecule has 0 aliphatic heterocycles. The smallest absolute Gasteiger partial charge is 0.417 e. The van der Waals surface area contributed by atoms with E-state index in [-0.39, 0.29) is 0 Å². The highest BCUT2D eigenvalue weighted by atomic mass is 32.2. The molecule has 0 saturated carbocycles. The zero-order chi connectivity index (χ0) is 23.3. The Labute approximate surface area is 194 Å². The molecule has 0 bridgehead atoms. The van der Waals surface area contributed by atoms with Gasteiger partial charge in [0.25, 0.3) is 0 Å². The number of nitrogens with zero attached hydrogens (tertiary/aromatic N) is 2. The van der Waals surface area contributed by atoms with Gasteiger partial charge in [0.1, 0.15) is 11.4 Å². The summed E-state index contributed by atoms with van der Waals surface area (Å²) in [7, 11) is 1.35. The minimum absolute atomic E-state index is 0.481. The maximum Gasteiger partial charge on any atom is 0.417 e. The number of nitrogens with one attached hydrogen (secondary N) is 1. The molecule has 0 saturated heterocycles. The third-order valence-corrected chi connectivity index (χ3v) is 5.84. The Bertz CT molecular complexity index is 1050. The minimum Gasteiger partial charge on any atom is -0.452 e. The first-order chi connectivity index (χ1) is 15.2. The second-order valence-corrected chi connectivity index (χ2v) is 9.61. The third kappa shape index (κ3) is 6.14. The number of amides is 1. The lowest BCUT2D eigenvalue weighted by atomic mass is 9.97. The number of carbonyl (C=O) groups is 1. The Kier molecular flexibility index (Phi) is 7.64. The van der Waals surface area contributed by atoms with Crippen LogP contribution < -0.4 is 4.72 Å². The van der Waals surface area contributed by atoms with Gasteiger partial charge in [-0.3, -0.25) is 4.72 Å². The number of benzene rings is 2. The summed E-state index contributed by atoms with van der Waals surface area (Å²) < 4.78 is 9.36. The van der Waals surface area contributed by atoms with E-state index in [0.717, 1.165) is 28.0 Å². The average molecular weight is 454 g/mol. The summed E-state index contributed by atoms with van der Waals surface area (Å²) in [5, 5.41) is 10.3. The summed E-state index contributed by atoms with van der Waals surface area (Å²) in [5.74, 6) is 1.19. The van der Waals surface area contributed by atoms with Gasteiger partial charge in [0.15, 0.2) is 0 Å². The number of imidazole rings is 1. The predicted octanol–water partition coefficient (Wildman–Crippen LogP) is 5.39. The molecule has 0 aliphatic rings. The van der Waals surface area contributed by atoms with Crippen LogP contribution in [0, 0.1) is 5.92 Å². The normalized spacial score (nSPS) is 11.6. The lowest BCUT2D eigenvalue weighted by Crippen LogP contribution is -2.22. The van der Waals surface area contributed by atoms with Crippen LogP contribution in [0.5, 0.6) is 0 Å². The molecule has 6 nitrogen and oxygen atoms in total. The molecule has 2 aromatic carbocycles. The van der Waals surface area contributed by atoms with Crippen LogP contribution in [-0.2, 0) is 23.3 Å². The monoisotopic (exact) mass is 453 g/mol. The molecule has 0 spiro atoms. The van der Waals surface area contributed by atoms with Crippen LogP contribution >= 0.6 is 11.9 Å². The van der Waals surface area contributed by atoms with E-state index in [1.165, 1.54) is 24.6 Å². The highest BCUT2D eigenvalue weighted by molar-refractivity contribution is 7.98. The fraction of sp³-hybridized carbons (Fsp3) is 0.360. The van der Waals surface area contributed by atoms with Crippen molar-refractivity contribution in [2.75, 3.05) is 7.11 Å². The first kappa shape index (κ1) is 23.9. The van der Waals surface area contributed by atoms with Gasteiger partial charge in [-0.2, -0.15) is 0 Å². The van der Waals surface area contributed by atoms with Crippen LogP contribution in [0.15, 0.2) is 59.8 Å². The van der Waals surface area contributed by atoms with Crippen LogP contribution in [0.1, 0.15) is 44.6 Å². The van der Waals surface area contributed by atoms with E-state index in [1.807, 2.05) is 16.8 Å². The molecule has 0 atom stereocenters. The summed E-state index contributed by atoms with van der Waals surface area (Å²) >= 11 is 1.25. The van der Waals surface area contributed by atoms with E-state index in [2.05, 4.69) is 60.0 Å². The van der Waals surface area contributed by atoms with Crippen molar-refractivity contribution in [1.82, 2.24) is 14.3 Å². The second kappa shape index (κ2) is 10.2. The summed E-state index contributed by atoms with van der Waals surface area (Å²) in [6.07, 6.45) is 4.09. The summed E-state index contributed by atoms with van der Waals surface area (Å²) in [6, 6.07) is 14.7. The lowest BCUT2D eigenvalue weighted by molar-refractivity contribution is 0.0652. The van der Waals surface area contributed by atoms with Gasteiger partial charge in [-0.05, 0) is 72.5 Å². The zero-order valence-corrected chi connectivity index (χ0v) is 20.1. The van der Waals surface area contributed by atoms with E-state index in [1.54, 1.807) is 20.0 Å². The van der Waals surface area contributed by atoms with Gasteiger partial charge in [0.05, 0.1) is 7.11 Å². The quantitative estimate of drug-likeness (QED) is 0.447. The fourth-order valence-corrected chi connectivity index (χ4v) is 4.28.